The lowest BCUT2D eigenvalue weighted by Crippen LogP contribution is -2.31. The number of benzene rings is 1. The summed E-state index contributed by atoms with van der Waals surface area (Å²) in [7, 11) is 0. The predicted octanol–water partition coefficient (Wildman–Crippen LogP) is 1.06. The van der Waals surface area contributed by atoms with E-state index in [-0.39, 0.29) is 19.0 Å². The number of amides is 1. The summed E-state index contributed by atoms with van der Waals surface area (Å²) in [5, 5.41) is 13.5. The van der Waals surface area contributed by atoms with Gasteiger partial charge in [0.05, 0.1) is 13.1 Å². The molecule has 0 unspecified atom stereocenters. The van der Waals surface area contributed by atoms with Crippen molar-refractivity contribution in [2.75, 3.05) is 18.4 Å². The molecule has 0 radical (unpaired) electrons. The fraction of sp³-hybridized carbons (Fsp3) is 0.200. The number of halogens is 1. The van der Waals surface area contributed by atoms with Crippen molar-refractivity contribution in [3.63, 3.8) is 0 Å². The third-order valence-corrected chi connectivity index (χ3v) is 2.22. The highest BCUT2D eigenvalue weighted by Crippen LogP contribution is 2.13. The highest BCUT2D eigenvalue weighted by atomic mass is 79.9. The normalized spacial score (nSPS) is 9.81. The summed E-state index contributed by atoms with van der Waals surface area (Å²) >= 11 is 3.28. The van der Waals surface area contributed by atoms with Gasteiger partial charge in [-0.3, -0.25) is 14.9 Å². The van der Waals surface area contributed by atoms with Gasteiger partial charge in [0, 0.05) is 10.2 Å². The maximum atomic E-state index is 11.3. The second-order valence-corrected chi connectivity index (χ2v) is 3.97. The minimum Gasteiger partial charge on any atom is -0.480 e. The Kier molecular flexibility index (Phi) is 4.94. The molecule has 0 saturated heterocycles. The van der Waals surface area contributed by atoms with Crippen LogP contribution in [0.4, 0.5) is 5.69 Å². The molecule has 0 heterocycles. The van der Waals surface area contributed by atoms with Gasteiger partial charge in [-0.15, -0.1) is 0 Å². The van der Waals surface area contributed by atoms with E-state index < -0.39 is 5.97 Å². The van der Waals surface area contributed by atoms with Crippen molar-refractivity contribution in [3.8, 4) is 0 Å². The van der Waals surface area contributed by atoms with Crippen LogP contribution >= 0.6 is 15.9 Å². The fourth-order valence-corrected chi connectivity index (χ4v) is 1.29. The molecular formula is C10H11BrN2O3. The molecule has 0 aliphatic carbocycles. The molecule has 0 bridgehead atoms. The number of hydrogen-bond donors (Lipinski definition) is 3. The number of carboxylic acid groups (broad SMARTS) is 1. The molecule has 0 aromatic heterocycles. The first-order chi connectivity index (χ1) is 7.58. The molecule has 16 heavy (non-hydrogen) atoms. The minimum atomic E-state index is -0.989. The molecule has 0 spiro atoms. The zero-order valence-corrected chi connectivity index (χ0v) is 9.95. The summed E-state index contributed by atoms with van der Waals surface area (Å²) in [6.45, 7) is -0.254. The number of hydrogen-bond acceptors (Lipinski definition) is 3. The Morgan fingerprint density at radius 3 is 2.38 bits per heavy atom. The zero-order valence-electron chi connectivity index (χ0n) is 8.37. The molecule has 86 valence electrons. The Hall–Kier alpha value is -1.40. The minimum absolute atomic E-state index is 0.0254. The molecule has 6 heteroatoms. The van der Waals surface area contributed by atoms with Crippen LogP contribution in [-0.2, 0) is 9.59 Å². The lowest BCUT2D eigenvalue weighted by Gasteiger charge is -2.05. The van der Waals surface area contributed by atoms with Crippen molar-refractivity contribution in [1.29, 1.82) is 0 Å². The van der Waals surface area contributed by atoms with Gasteiger partial charge in [0.25, 0.3) is 0 Å². The van der Waals surface area contributed by atoms with E-state index in [1.165, 1.54) is 0 Å². The van der Waals surface area contributed by atoms with Crippen molar-refractivity contribution >= 4 is 33.5 Å². The summed E-state index contributed by atoms with van der Waals surface area (Å²) in [4.78, 5) is 21.5. The second-order valence-electron chi connectivity index (χ2n) is 3.05. The molecule has 1 rings (SSSR count). The molecular weight excluding hydrogens is 276 g/mol. The Morgan fingerprint density at radius 1 is 1.19 bits per heavy atom. The van der Waals surface area contributed by atoms with Gasteiger partial charge in [0.1, 0.15) is 0 Å². The molecule has 3 N–H and O–H groups in total. The molecule has 5 nitrogen and oxygen atoms in total. The van der Waals surface area contributed by atoms with Crippen LogP contribution in [0.15, 0.2) is 28.7 Å². The summed E-state index contributed by atoms with van der Waals surface area (Å²) in [5.74, 6) is -1.26. The molecule has 1 aromatic carbocycles. The van der Waals surface area contributed by atoms with Crippen LogP contribution in [0.5, 0.6) is 0 Å². The van der Waals surface area contributed by atoms with E-state index in [9.17, 15) is 9.59 Å². The summed E-state index contributed by atoms with van der Waals surface area (Å²) in [5.41, 5.74) is 0.672. The van der Waals surface area contributed by atoms with Crippen LogP contribution in [0.25, 0.3) is 0 Å². The number of anilines is 1. The molecule has 0 fully saturated rings. The van der Waals surface area contributed by atoms with Crippen LogP contribution in [0.2, 0.25) is 0 Å². The van der Waals surface area contributed by atoms with Crippen molar-refractivity contribution in [3.05, 3.63) is 28.7 Å². The first-order valence-corrected chi connectivity index (χ1v) is 5.35. The highest BCUT2D eigenvalue weighted by molar-refractivity contribution is 9.10. The van der Waals surface area contributed by atoms with E-state index in [4.69, 9.17) is 5.11 Å². The number of carbonyl (C=O) groups excluding carboxylic acids is 1. The van der Waals surface area contributed by atoms with Crippen molar-refractivity contribution in [2.24, 2.45) is 0 Å². The van der Waals surface area contributed by atoms with Crippen LogP contribution in [0.1, 0.15) is 0 Å². The lowest BCUT2D eigenvalue weighted by atomic mass is 10.3. The summed E-state index contributed by atoms with van der Waals surface area (Å²) in [6, 6.07) is 7.11. The van der Waals surface area contributed by atoms with Crippen LogP contribution < -0.4 is 10.6 Å². The van der Waals surface area contributed by atoms with Gasteiger partial charge in [-0.05, 0) is 24.3 Å². The van der Waals surface area contributed by atoms with Gasteiger partial charge in [0.15, 0.2) is 0 Å². The number of carbonyl (C=O) groups is 2. The molecule has 0 atom stereocenters. The molecule has 0 aliphatic rings. The van der Waals surface area contributed by atoms with E-state index in [1.54, 1.807) is 24.3 Å². The van der Waals surface area contributed by atoms with Gasteiger partial charge in [0.2, 0.25) is 5.91 Å². The Labute approximate surface area is 101 Å². The summed E-state index contributed by atoms with van der Waals surface area (Å²) in [6.07, 6.45) is 0. The van der Waals surface area contributed by atoms with Gasteiger partial charge < -0.3 is 10.4 Å². The van der Waals surface area contributed by atoms with Crippen LogP contribution in [-0.4, -0.2) is 30.1 Å². The van der Waals surface area contributed by atoms with Crippen molar-refractivity contribution in [1.82, 2.24) is 5.32 Å². The van der Waals surface area contributed by atoms with Gasteiger partial charge in [-0.2, -0.15) is 0 Å². The van der Waals surface area contributed by atoms with E-state index in [0.29, 0.717) is 5.69 Å². The van der Waals surface area contributed by atoms with E-state index in [1.807, 2.05) is 0 Å². The highest BCUT2D eigenvalue weighted by Gasteiger charge is 2.02. The SMILES string of the molecule is O=C(O)CNCC(=O)Nc1ccc(Br)cc1. The van der Waals surface area contributed by atoms with E-state index >= 15 is 0 Å². The van der Waals surface area contributed by atoms with E-state index in [2.05, 4.69) is 26.6 Å². The number of rotatable bonds is 5. The predicted molar refractivity (Wildman–Crippen MR) is 63.3 cm³/mol. The fourth-order valence-electron chi connectivity index (χ4n) is 1.02. The maximum absolute atomic E-state index is 11.3. The van der Waals surface area contributed by atoms with Crippen molar-refractivity contribution in [2.45, 2.75) is 0 Å². The Morgan fingerprint density at radius 2 is 1.81 bits per heavy atom. The van der Waals surface area contributed by atoms with Gasteiger partial charge in [-0.25, -0.2) is 0 Å². The third-order valence-electron chi connectivity index (χ3n) is 1.69. The zero-order chi connectivity index (χ0) is 12.0. The quantitative estimate of drug-likeness (QED) is 0.756. The molecule has 1 amide bonds. The standard InChI is InChI=1S/C10H11BrN2O3/c11-7-1-3-8(4-2-7)13-9(14)5-12-6-10(15)16/h1-4,12H,5-6H2,(H,13,14)(H,15,16). The van der Waals surface area contributed by atoms with Crippen molar-refractivity contribution < 1.29 is 14.7 Å². The topological polar surface area (TPSA) is 78.4 Å². The lowest BCUT2D eigenvalue weighted by molar-refractivity contribution is -0.135. The average Bonchev–Trinajstić information content (AvgIpc) is 2.21. The average molecular weight is 287 g/mol. The van der Waals surface area contributed by atoms with Crippen LogP contribution in [0.3, 0.4) is 0 Å². The van der Waals surface area contributed by atoms with E-state index in [0.717, 1.165) is 4.47 Å². The third kappa shape index (κ3) is 4.90. The number of carboxylic acids is 1. The van der Waals surface area contributed by atoms with Gasteiger partial charge in [-0.1, -0.05) is 15.9 Å². The second kappa shape index (κ2) is 6.24. The Bertz CT molecular complexity index is 378. The molecule has 0 saturated carbocycles. The Balaban J connectivity index is 2.34. The summed E-state index contributed by atoms with van der Waals surface area (Å²) < 4.78 is 0.925. The largest absolute Gasteiger partial charge is 0.480 e. The first-order valence-electron chi connectivity index (χ1n) is 4.56. The first kappa shape index (κ1) is 12.7. The number of aliphatic carboxylic acids is 1. The molecule has 1 aromatic rings. The smallest absolute Gasteiger partial charge is 0.317 e. The monoisotopic (exact) mass is 286 g/mol. The number of nitrogens with one attached hydrogen (secondary N) is 2. The molecule has 0 aliphatic heterocycles. The maximum Gasteiger partial charge on any atom is 0.317 e. The van der Waals surface area contributed by atoms with Crippen LogP contribution in [0, 0.1) is 0 Å². The van der Waals surface area contributed by atoms with Gasteiger partial charge >= 0.3 is 5.97 Å².